The second kappa shape index (κ2) is 6.45. The number of hydrogen-bond acceptors (Lipinski definition) is 4. The van der Waals surface area contributed by atoms with E-state index in [4.69, 9.17) is 4.74 Å². The molecule has 1 amide bonds. The minimum Gasteiger partial charge on any atom is -0.380 e. The van der Waals surface area contributed by atoms with Gasteiger partial charge in [-0.1, -0.05) is 0 Å². The molecular formula is C16H19FN4O2. The summed E-state index contributed by atoms with van der Waals surface area (Å²) < 4.78 is 20.0. The van der Waals surface area contributed by atoms with Crippen LogP contribution in [0.4, 0.5) is 4.39 Å². The van der Waals surface area contributed by atoms with Gasteiger partial charge in [-0.15, -0.1) is 5.10 Å². The third-order valence-corrected chi connectivity index (χ3v) is 3.98. The number of nitrogens with zero attached hydrogens (tertiary/aromatic N) is 4. The highest BCUT2D eigenvalue weighted by Gasteiger charge is 2.27. The predicted octanol–water partition coefficient (Wildman–Crippen LogP) is 1.97. The largest absolute Gasteiger partial charge is 0.380 e. The van der Waals surface area contributed by atoms with E-state index in [9.17, 15) is 9.18 Å². The summed E-state index contributed by atoms with van der Waals surface area (Å²) in [5.41, 5.74) is 0.669. The zero-order valence-corrected chi connectivity index (χ0v) is 13.2. The van der Waals surface area contributed by atoms with Crippen molar-refractivity contribution >= 4 is 5.91 Å². The fraction of sp³-hybridized carbons (Fsp3) is 0.438. The summed E-state index contributed by atoms with van der Waals surface area (Å²) in [6.07, 6.45) is 0.795. The number of aromatic nitrogens is 3. The number of benzene rings is 1. The van der Waals surface area contributed by atoms with E-state index in [1.165, 1.54) is 12.1 Å². The molecule has 1 atom stereocenters. The number of aryl methyl sites for hydroxylation is 1. The molecule has 0 N–H and O–H groups in total. The van der Waals surface area contributed by atoms with Crippen molar-refractivity contribution in [1.82, 2.24) is 19.7 Å². The minimum absolute atomic E-state index is 0.0862. The van der Waals surface area contributed by atoms with Crippen LogP contribution < -0.4 is 0 Å². The molecule has 1 aromatic heterocycles. The molecule has 1 aliphatic rings. The molecule has 1 saturated heterocycles. The van der Waals surface area contributed by atoms with Gasteiger partial charge in [-0.2, -0.15) is 0 Å². The van der Waals surface area contributed by atoms with Crippen molar-refractivity contribution in [2.75, 3.05) is 19.8 Å². The zero-order chi connectivity index (χ0) is 16.4. The molecule has 122 valence electrons. The van der Waals surface area contributed by atoms with E-state index in [2.05, 4.69) is 10.1 Å². The average molecular weight is 318 g/mol. The van der Waals surface area contributed by atoms with Crippen LogP contribution in [0.3, 0.4) is 0 Å². The van der Waals surface area contributed by atoms with Crippen molar-refractivity contribution in [2.45, 2.75) is 26.3 Å². The summed E-state index contributed by atoms with van der Waals surface area (Å²) in [5, 5.41) is 4.30. The molecule has 23 heavy (non-hydrogen) atoms. The molecule has 1 aliphatic heterocycles. The van der Waals surface area contributed by atoms with Crippen molar-refractivity contribution in [2.24, 2.45) is 0 Å². The number of carbonyl (C=O) groups is 1. The van der Waals surface area contributed by atoms with Gasteiger partial charge < -0.3 is 9.64 Å². The zero-order valence-electron chi connectivity index (χ0n) is 13.2. The van der Waals surface area contributed by atoms with E-state index in [1.54, 1.807) is 28.6 Å². The Balaban J connectivity index is 1.87. The molecule has 3 rings (SSSR count). The molecule has 1 fully saturated rings. The lowest BCUT2D eigenvalue weighted by Gasteiger charge is -2.24. The van der Waals surface area contributed by atoms with Gasteiger partial charge in [0.2, 0.25) is 5.82 Å². The average Bonchev–Trinajstić information content (AvgIpc) is 2.79. The Labute approximate surface area is 133 Å². The van der Waals surface area contributed by atoms with E-state index in [1.807, 2.05) is 6.92 Å². The highest BCUT2D eigenvalue weighted by molar-refractivity contribution is 5.90. The van der Waals surface area contributed by atoms with Crippen LogP contribution >= 0.6 is 0 Å². The Morgan fingerprint density at radius 2 is 2.04 bits per heavy atom. The van der Waals surface area contributed by atoms with Crippen LogP contribution in [-0.4, -0.2) is 51.4 Å². The fourth-order valence-corrected chi connectivity index (χ4v) is 2.63. The van der Waals surface area contributed by atoms with Gasteiger partial charge in [0.15, 0.2) is 0 Å². The van der Waals surface area contributed by atoms with Gasteiger partial charge in [-0.05, 0) is 44.5 Å². The summed E-state index contributed by atoms with van der Waals surface area (Å²) in [7, 11) is 0. The first kappa shape index (κ1) is 15.6. The topological polar surface area (TPSA) is 60.3 Å². The smallest absolute Gasteiger partial charge is 0.293 e. The molecule has 0 aliphatic carbocycles. The number of rotatable bonds is 2. The Hall–Kier alpha value is -2.28. The monoisotopic (exact) mass is 318 g/mol. The van der Waals surface area contributed by atoms with E-state index < -0.39 is 0 Å². The predicted molar refractivity (Wildman–Crippen MR) is 82.0 cm³/mol. The number of carbonyl (C=O) groups excluding carboxylic acids is 1. The van der Waals surface area contributed by atoms with Crippen molar-refractivity contribution in [1.29, 1.82) is 0 Å². The molecule has 0 saturated carbocycles. The third kappa shape index (κ3) is 3.24. The SMILES string of the molecule is Cc1nc(C(=O)N2CCOCCC2C)nn1-c1ccc(F)cc1. The van der Waals surface area contributed by atoms with Crippen LogP contribution in [-0.2, 0) is 4.74 Å². The number of halogens is 1. The van der Waals surface area contributed by atoms with Crippen LogP contribution in [0, 0.1) is 12.7 Å². The number of ether oxygens (including phenoxy) is 1. The first-order valence-electron chi connectivity index (χ1n) is 7.64. The summed E-state index contributed by atoms with van der Waals surface area (Å²) in [6, 6.07) is 6.00. The van der Waals surface area contributed by atoms with Crippen LogP contribution in [0.2, 0.25) is 0 Å². The van der Waals surface area contributed by atoms with Crippen molar-refractivity contribution in [3.05, 3.63) is 41.7 Å². The number of amides is 1. The lowest BCUT2D eigenvalue weighted by molar-refractivity contribution is 0.0675. The molecule has 6 nitrogen and oxygen atoms in total. The molecule has 1 unspecified atom stereocenters. The van der Waals surface area contributed by atoms with Gasteiger partial charge >= 0.3 is 0 Å². The molecule has 7 heteroatoms. The second-order valence-electron chi connectivity index (χ2n) is 5.62. The fourth-order valence-electron chi connectivity index (χ4n) is 2.63. The van der Waals surface area contributed by atoms with Crippen LogP contribution in [0.15, 0.2) is 24.3 Å². The normalized spacial score (nSPS) is 18.7. The third-order valence-electron chi connectivity index (χ3n) is 3.98. The summed E-state index contributed by atoms with van der Waals surface area (Å²) in [6.45, 7) is 5.47. The van der Waals surface area contributed by atoms with Crippen LogP contribution in [0.5, 0.6) is 0 Å². The highest BCUT2D eigenvalue weighted by atomic mass is 19.1. The van der Waals surface area contributed by atoms with Gasteiger partial charge in [0.25, 0.3) is 5.91 Å². The molecule has 0 bridgehead atoms. The quantitative estimate of drug-likeness (QED) is 0.849. The van der Waals surface area contributed by atoms with E-state index in [0.717, 1.165) is 6.42 Å². The van der Waals surface area contributed by atoms with Crippen molar-refractivity contribution < 1.29 is 13.9 Å². The maximum atomic E-state index is 13.0. The minimum atomic E-state index is -0.318. The molecule has 0 radical (unpaired) electrons. The number of hydrogen-bond donors (Lipinski definition) is 0. The lowest BCUT2D eigenvalue weighted by atomic mass is 10.2. The highest BCUT2D eigenvalue weighted by Crippen LogP contribution is 2.14. The van der Waals surface area contributed by atoms with Gasteiger partial charge in [0.1, 0.15) is 11.6 Å². The van der Waals surface area contributed by atoms with E-state index >= 15 is 0 Å². The Bertz CT molecular complexity index is 699. The van der Waals surface area contributed by atoms with Gasteiger partial charge in [0.05, 0.1) is 12.3 Å². The molecule has 2 aromatic rings. The Morgan fingerprint density at radius 1 is 1.30 bits per heavy atom. The Kier molecular flexibility index (Phi) is 4.38. The van der Waals surface area contributed by atoms with Crippen molar-refractivity contribution in [3.8, 4) is 5.69 Å². The maximum absolute atomic E-state index is 13.0. The van der Waals surface area contributed by atoms with Crippen LogP contribution in [0.1, 0.15) is 29.8 Å². The van der Waals surface area contributed by atoms with Gasteiger partial charge in [-0.3, -0.25) is 4.79 Å². The van der Waals surface area contributed by atoms with Gasteiger partial charge in [0, 0.05) is 19.2 Å². The standard InChI is InChI=1S/C16H19FN4O2/c1-11-7-9-23-10-8-20(11)16(22)15-18-12(2)21(19-15)14-5-3-13(17)4-6-14/h3-6,11H,7-10H2,1-2H3. The van der Waals surface area contributed by atoms with Crippen molar-refractivity contribution in [3.63, 3.8) is 0 Å². The first-order valence-corrected chi connectivity index (χ1v) is 7.64. The van der Waals surface area contributed by atoms with Gasteiger partial charge in [-0.25, -0.2) is 14.1 Å². The maximum Gasteiger partial charge on any atom is 0.293 e. The van der Waals surface area contributed by atoms with E-state index in [0.29, 0.717) is 31.3 Å². The Morgan fingerprint density at radius 3 is 2.78 bits per heavy atom. The molecule has 2 heterocycles. The first-order chi connectivity index (χ1) is 11.1. The molecule has 0 spiro atoms. The summed E-state index contributed by atoms with van der Waals surface area (Å²) in [5.74, 6) is 0.215. The summed E-state index contributed by atoms with van der Waals surface area (Å²) in [4.78, 5) is 18.7. The molecular weight excluding hydrogens is 299 g/mol. The summed E-state index contributed by atoms with van der Waals surface area (Å²) >= 11 is 0. The van der Waals surface area contributed by atoms with E-state index in [-0.39, 0.29) is 23.6 Å². The second-order valence-corrected chi connectivity index (χ2v) is 5.62. The lowest BCUT2D eigenvalue weighted by Crippen LogP contribution is -2.39. The molecule has 1 aromatic carbocycles. The van der Waals surface area contributed by atoms with Crippen LogP contribution in [0.25, 0.3) is 5.69 Å².